The lowest BCUT2D eigenvalue weighted by Gasteiger charge is -2.40. The second-order valence-electron chi connectivity index (χ2n) is 9.47. The zero-order chi connectivity index (χ0) is 20.1. The Kier molecular flexibility index (Phi) is 5.40. The van der Waals surface area contributed by atoms with Crippen LogP contribution in [0.25, 0.3) is 0 Å². The van der Waals surface area contributed by atoms with Gasteiger partial charge in [0, 0.05) is 32.1 Å². The number of fused-ring (bicyclic) bond motifs is 3. The summed E-state index contributed by atoms with van der Waals surface area (Å²) >= 11 is 0. The monoisotopic (exact) mass is 410 g/mol. The first-order chi connectivity index (χ1) is 14.0. The van der Waals surface area contributed by atoms with Gasteiger partial charge in [-0.15, -0.1) is 0 Å². The fourth-order valence-electron chi connectivity index (χ4n) is 5.93. The van der Waals surface area contributed by atoms with E-state index in [0.29, 0.717) is 12.8 Å². The number of carbonyl (C=O) groups excluding carboxylic acids is 1. The normalized spacial score (nSPS) is 42.6. The van der Waals surface area contributed by atoms with E-state index in [4.69, 9.17) is 23.7 Å². The van der Waals surface area contributed by atoms with Crippen LogP contribution in [0.2, 0.25) is 0 Å². The van der Waals surface area contributed by atoms with Crippen LogP contribution < -0.4 is 0 Å². The van der Waals surface area contributed by atoms with Crippen LogP contribution in [0.4, 0.5) is 0 Å². The Morgan fingerprint density at radius 2 is 1.31 bits per heavy atom. The summed E-state index contributed by atoms with van der Waals surface area (Å²) in [4.78, 5) is 12.3. The Hall–Kier alpha value is -0.730. The molecule has 0 unspecified atom stereocenters. The van der Waals surface area contributed by atoms with E-state index in [9.17, 15) is 9.90 Å². The fraction of sp³-hybridized carbons (Fsp3) is 0.955. The quantitative estimate of drug-likeness (QED) is 0.716. The van der Waals surface area contributed by atoms with Crippen molar-refractivity contribution >= 4 is 5.97 Å². The van der Waals surface area contributed by atoms with Gasteiger partial charge in [0.1, 0.15) is 30.5 Å². The Labute approximate surface area is 172 Å². The molecule has 5 fully saturated rings. The van der Waals surface area contributed by atoms with Gasteiger partial charge in [-0.2, -0.15) is 0 Å². The first-order valence-corrected chi connectivity index (χ1v) is 11.6. The summed E-state index contributed by atoms with van der Waals surface area (Å²) in [6, 6.07) is 0. The van der Waals surface area contributed by atoms with Crippen molar-refractivity contribution in [3.63, 3.8) is 0 Å². The highest BCUT2D eigenvalue weighted by molar-refractivity contribution is 5.69. The maximum absolute atomic E-state index is 12.3. The van der Waals surface area contributed by atoms with E-state index in [0.717, 1.165) is 51.4 Å². The zero-order valence-electron chi connectivity index (χ0n) is 17.3. The summed E-state index contributed by atoms with van der Waals surface area (Å²) in [5.74, 6) is -1.61. The Balaban J connectivity index is 1.43. The van der Waals surface area contributed by atoms with Gasteiger partial charge < -0.3 is 28.8 Å². The van der Waals surface area contributed by atoms with E-state index in [1.165, 1.54) is 12.8 Å². The van der Waals surface area contributed by atoms with Gasteiger partial charge in [-0.25, -0.2) is 0 Å². The highest BCUT2D eigenvalue weighted by atomic mass is 16.8. The van der Waals surface area contributed by atoms with Crippen LogP contribution in [0.1, 0.15) is 84.0 Å². The molecule has 3 aliphatic carbocycles. The lowest BCUT2D eigenvalue weighted by Crippen LogP contribution is -2.62. The maximum Gasteiger partial charge on any atom is 0.306 e. The molecule has 29 heavy (non-hydrogen) atoms. The molecule has 0 bridgehead atoms. The average Bonchev–Trinajstić information content (AvgIpc) is 3.26. The molecule has 7 nitrogen and oxygen atoms in total. The molecule has 2 spiro atoms. The number of aliphatic hydroxyl groups excluding tert-OH is 1. The van der Waals surface area contributed by atoms with Gasteiger partial charge in [-0.3, -0.25) is 4.79 Å². The minimum Gasteiger partial charge on any atom is -0.457 e. The molecule has 0 radical (unpaired) electrons. The molecule has 7 heteroatoms. The van der Waals surface area contributed by atoms with Crippen LogP contribution in [-0.4, -0.2) is 59.3 Å². The number of hydrogen-bond acceptors (Lipinski definition) is 7. The number of aliphatic hydroxyl groups is 1. The summed E-state index contributed by atoms with van der Waals surface area (Å²) in [6.07, 6.45) is 7.28. The molecule has 2 heterocycles. The van der Waals surface area contributed by atoms with E-state index < -0.39 is 42.1 Å². The van der Waals surface area contributed by atoms with Gasteiger partial charge in [0.15, 0.2) is 17.7 Å². The van der Waals surface area contributed by atoms with Crippen LogP contribution in [0.5, 0.6) is 0 Å². The number of hydrogen-bond donors (Lipinski definition) is 1. The maximum atomic E-state index is 12.3. The van der Waals surface area contributed by atoms with E-state index >= 15 is 0 Å². The zero-order valence-corrected chi connectivity index (χ0v) is 17.3. The van der Waals surface area contributed by atoms with Crippen molar-refractivity contribution in [2.75, 3.05) is 0 Å². The standard InChI is InChI=1S/C22H34O7/c1-2-9-14(23)25-16-15(24)17-19(28-21(26-17)10-5-3-6-11-21)20-18(16)27-22(29-20)12-7-4-8-13-22/h15-20,24H,2-13H2,1H3/t15-,16-,17+,18-,19-,20-/m1/s1. The first-order valence-electron chi connectivity index (χ1n) is 11.6. The van der Waals surface area contributed by atoms with Crippen molar-refractivity contribution < 1.29 is 33.6 Å². The molecule has 6 atom stereocenters. The van der Waals surface area contributed by atoms with Crippen molar-refractivity contribution in [1.29, 1.82) is 0 Å². The average molecular weight is 411 g/mol. The molecular weight excluding hydrogens is 376 g/mol. The van der Waals surface area contributed by atoms with Gasteiger partial charge in [-0.1, -0.05) is 19.8 Å². The number of esters is 1. The second kappa shape index (κ2) is 7.75. The Bertz CT molecular complexity index is 610. The Morgan fingerprint density at radius 1 is 0.828 bits per heavy atom. The van der Waals surface area contributed by atoms with E-state index in [1.54, 1.807) is 0 Å². The van der Waals surface area contributed by atoms with E-state index in [-0.39, 0.29) is 12.1 Å². The fourth-order valence-corrected chi connectivity index (χ4v) is 5.93. The molecule has 0 aromatic heterocycles. The SMILES string of the molecule is CCCC(=O)O[C@@H]1[C@@H](O)[C@@H]2OC3(CCCCC3)O[C@H]2[C@@H]2OC3(CCCCC3)O[C@@H]21. The van der Waals surface area contributed by atoms with Crippen LogP contribution in [0, 0.1) is 0 Å². The molecule has 2 saturated heterocycles. The lowest BCUT2D eigenvalue weighted by atomic mass is 9.85. The highest BCUT2D eigenvalue weighted by Gasteiger charge is 2.67. The van der Waals surface area contributed by atoms with Crippen molar-refractivity contribution in [1.82, 2.24) is 0 Å². The summed E-state index contributed by atoms with van der Waals surface area (Å²) < 4.78 is 31.6. The van der Waals surface area contributed by atoms with Gasteiger partial charge in [0.05, 0.1) is 0 Å². The molecule has 0 amide bonds. The summed E-state index contributed by atoms with van der Waals surface area (Å²) in [6.45, 7) is 1.93. The summed E-state index contributed by atoms with van der Waals surface area (Å²) in [5.41, 5.74) is 0. The van der Waals surface area contributed by atoms with Gasteiger partial charge in [0.2, 0.25) is 0 Å². The molecular formula is C22H34O7. The van der Waals surface area contributed by atoms with E-state index in [1.807, 2.05) is 6.92 Å². The lowest BCUT2D eigenvalue weighted by molar-refractivity contribution is -0.226. The Morgan fingerprint density at radius 3 is 1.86 bits per heavy atom. The van der Waals surface area contributed by atoms with Crippen molar-refractivity contribution in [2.24, 2.45) is 0 Å². The molecule has 3 saturated carbocycles. The highest BCUT2D eigenvalue weighted by Crippen LogP contribution is 2.51. The van der Waals surface area contributed by atoms with Crippen LogP contribution in [0.3, 0.4) is 0 Å². The predicted molar refractivity (Wildman–Crippen MR) is 102 cm³/mol. The minimum absolute atomic E-state index is 0.312. The molecule has 5 aliphatic rings. The third-order valence-electron chi connectivity index (χ3n) is 7.32. The molecule has 164 valence electrons. The molecule has 2 aliphatic heterocycles. The van der Waals surface area contributed by atoms with Crippen molar-refractivity contribution in [2.45, 2.75) is 132 Å². The smallest absolute Gasteiger partial charge is 0.306 e. The third kappa shape index (κ3) is 3.53. The van der Waals surface area contributed by atoms with Gasteiger partial charge in [-0.05, 0) is 32.1 Å². The third-order valence-corrected chi connectivity index (χ3v) is 7.32. The number of carbonyl (C=O) groups is 1. The van der Waals surface area contributed by atoms with Crippen LogP contribution >= 0.6 is 0 Å². The molecule has 0 aromatic carbocycles. The summed E-state index contributed by atoms with van der Waals surface area (Å²) in [5, 5.41) is 11.2. The predicted octanol–water partition coefficient (Wildman–Crippen LogP) is 2.96. The van der Waals surface area contributed by atoms with Crippen LogP contribution in [0.15, 0.2) is 0 Å². The second-order valence-corrected chi connectivity index (χ2v) is 9.47. The van der Waals surface area contributed by atoms with Gasteiger partial charge >= 0.3 is 5.97 Å². The van der Waals surface area contributed by atoms with E-state index in [2.05, 4.69) is 0 Å². The van der Waals surface area contributed by atoms with Gasteiger partial charge in [0.25, 0.3) is 0 Å². The molecule has 1 N–H and O–H groups in total. The van der Waals surface area contributed by atoms with Crippen molar-refractivity contribution in [3.05, 3.63) is 0 Å². The van der Waals surface area contributed by atoms with Crippen LogP contribution in [-0.2, 0) is 28.5 Å². The topological polar surface area (TPSA) is 83.5 Å². The number of ether oxygens (including phenoxy) is 5. The number of rotatable bonds is 3. The molecule has 5 rings (SSSR count). The minimum atomic E-state index is -0.981. The summed E-state index contributed by atoms with van der Waals surface area (Å²) in [7, 11) is 0. The largest absolute Gasteiger partial charge is 0.457 e. The molecule has 0 aromatic rings. The first kappa shape index (κ1) is 20.2. The van der Waals surface area contributed by atoms with Crippen molar-refractivity contribution in [3.8, 4) is 0 Å².